The summed E-state index contributed by atoms with van der Waals surface area (Å²) in [6.07, 6.45) is 2.04. The molecule has 0 bridgehead atoms. The van der Waals surface area contributed by atoms with E-state index in [9.17, 15) is 4.79 Å². The average Bonchev–Trinajstić information content (AvgIpc) is 2.54. The Morgan fingerprint density at radius 1 is 1.05 bits per heavy atom. The van der Waals surface area contributed by atoms with Gasteiger partial charge in [0, 0.05) is 11.3 Å². The van der Waals surface area contributed by atoms with Crippen LogP contribution in [0.15, 0.2) is 48.5 Å². The second kappa shape index (κ2) is 7.07. The smallest absolute Gasteiger partial charge is 0.255 e. The molecule has 2 rings (SSSR count). The van der Waals surface area contributed by atoms with Gasteiger partial charge in [-0.25, -0.2) is 0 Å². The van der Waals surface area contributed by atoms with Crippen molar-refractivity contribution in [2.45, 2.75) is 39.5 Å². The lowest BCUT2D eigenvalue weighted by Gasteiger charge is -2.15. The van der Waals surface area contributed by atoms with Crippen LogP contribution in [0.5, 0.6) is 0 Å². The van der Waals surface area contributed by atoms with Gasteiger partial charge in [-0.15, -0.1) is 0 Å². The van der Waals surface area contributed by atoms with E-state index in [0.717, 1.165) is 18.5 Å². The lowest BCUT2D eigenvalue weighted by atomic mass is 9.96. The first-order valence-electron chi connectivity index (χ1n) is 7.64. The number of para-hydroxylation sites is 1. The highest BCUT2D eigenvalue weighted by molar-refractivity contribution is 6.04. The first-order valence-corrected chi connectivity index (χ1v) is 7.64. The molecule has 21 heavy (non-hydrogen) atoms. The van der Waals surface area contributed by atoms with Crippen molar-refractivity contribution in [2.24, 2.45) is 0 Å². The van der Waals surface area contributed by atoms with Gasteiger partial charge in [0.25, 0.3) is 5.91 Å². The van der Waals surface area contributed by atoms with Gasteiger partial charge in [-0.2, -0.15) is 0 Å². The van der Waals surface area contributed by atoms with E-state index in [1.807, 2.05) is 42.5 Å². The van der Waals surface area contributed by atoms with Crippen molar-refractivity contribution < 1.29 is 4.79 Å². The van der Waals surface area contributed by atoms with Crippen molar-refractivity contribution in [3.05, 3.63) is 65.2 Å². The Labute approximate surface area is 127 Å². The van der Waals surface area contributed by atoms with E-state index in [4.69, 9.17) is 0 Å². The third kappa shape index (κ3) is 3.72. The summed E-state index contributed by atoms with van der Waals surface area (Å²) in [6, 6.07) is 15.8. The molecule has 0 saturated heterocycles. The molecule has 2 aromatic rings. The van der Waals surface area contributed by atoms with Gasteiger partial charge < -0.3 is 5.32 Å². The molecule has 2 aromatic carbocycles. The zero-order valence-corrected chi connectivity index (χ0v) is 13.0. The van der Waals surface area contributed by atoms with Crippen LogP contribution >= 0.6 is 0 Å². The molecule has 2 nitrogen and oxygen atoms in total. The molecule has 0 heterocycles. The maximum absolute atomic E-state index is 12.4. The second-order valence-corrected chi connectivity index (χ2v) is 5.40. The van der Waals surface area contributed by atoms with E-state index >= 15 is 0 Å². The SMILES string of the molecule is CCc1ccc(C(=O)Nc2ccccc2[C@@H](C)CC)cc1. The molecule has 0 aliphatic carbocycles. The van der Waals surface area contributed by atoms with Gasteiger partial charge >= 0.3 is 0 Å². The molecule has 1 N–H and O–H groups in total. The average molecular weight is 281 g/mol. The number of aryl methyl sites for hydroxylation is 1. The number of carbonyl (C=O) groups is 1. The number of hydrogen-bond donors (Lipinski definition) is 1. The standard InChI is InChI=1S/C19H23NO/c1-4-14(3)17-8-6-7-9-18(17)20-19(21)16-12-10-15(5-2)11-13-16/h6-14H,4-5H2,1-3H3,(H,20,21)/t14-/m0/s1. The number of hydrogen-bond acceptors (Lipinski definition) is 1. The summed E-state index contributed by atoms with van der Waals surface area (Å²) in [5.74, 6) is 0.386. The van der Waals surface area contributed by atoms with Gasteiger partial charge in [-0.05, 0) is 48.1 Å². The topological polar surface area (TPSA) is 29.1 Å². The molecule has 0 radical (unpaired) electrons. The van der Waals surface area contributed by atoms with Gasteiger partial charge in [0.05, 0.1) is 0 Å². The molecule has 0 aromatic heterocycles. The highest BCUT2D eigenvalue weighted by Gasteiger charge is 2.12. The number of nitrogens with one attached hydrogen (secondary N) is 1. The van der Waals surface area contributed by atoms with Crippen molar-refractivity contribution in [1.29, 1.82) is 0 Å². The van der Waals surface area contributed by atoms with E-state index in [2.05, 4.69) is 32.2 Å². The van der Waals surface area contributed by atoms with Crippen molar-refractivity contribution in [3.8, 4) is 0 Å². The van der Waals surface area contributed by atoms with Crippen LogP contribution in [0.1, 0.15) is 54.6 Å². The van der Waals surface area contributed by atoms with E-state index < -0.39 is 0 Å². The van der Waals surface area contributed by atoms with Crippen molar-refractivity contribution in [1.82, 2.24) is 0 Å². The fraction of sp³-hybridized carbons (Fsp3) is 0.316. The summed E-state index contributed by atoms with van der Waals surface area (Å²) in [7, 11) is 0. The van der Waals surface area contributed by atoms with E-state index in [1.165, 1.54) is 11.1 Å². The minimum absolute atomic E-state index is 0.0478. The van der Waals surface area contributed by atoms with Crippen LogP contribution in [-0.4, -0.2) is 5.91 Å². The summed E-state index contributed by atoms with van der Waals surface area (Å²) >= 11 is 0. The molecular formula is C19H23NO. The Morgan fingerprint density at radius 3 is 2.33 bits per heavy atom. The molecule has 0 saturated carbocycles. The molecule has 0 spiro atoms. The van der Waals surface area contributed by atoms with E-state index in [-0.39, 0.29) is 5.91 Å². The molecule has 0 fully saturated rings. The zero-order valence-electron chi connectivity index (χ0n) is 13.0. The van der Waals surface area contributed by atoms with Gasteiger partial charge in [0.1, 0.15) is 0 Å². The molecule has 2 heteroatoms. The predicted molar refractivity (Wildman–Crippen MR) is 88.9 cm³/mol. The molecule has 110 valence electrons. The number of anilines is 1. The van der Waals surface area contributed by atoms with Crippen LogP contribution in [0.2, 0.25) is 0 Å². The minimum atomic E-state index is -0.0478. The third-order valence-electron chi connectivity index (χ3n) is 3.98. The van der Waals surface area contributed by atoms with Gasteiger partial charge in [-0.3, -0.25) is 4.79 Å². The molecule has 0 aliphatic heterocycles. The van der Waals surface area contributed by atoms with Crippen molar-refractivity contribution >= 4 is 11.6 Å². The fourth-order valence-corrected chi connectivity index (χ4v) is 2.35. The molecule has 1 amide bonds. The Kier molecular flexibility index (Phi) is 5.15. The second-order valence-electron chi connectivity index (χ2n) is 5.40. The van der Waals surface area contributed by atoms with Crippen LogP contribution in [0.25, 0.3) is 0 Å². The van der Waals surface area contributed by atoms with Crippen molar-refractivity contribution in [2.75, 3.05) is 5.32 Å². The summed E-state index contributed by atoms with van der Waals surface area (Å²) in [6.45, 7) is 6.45. The fourth-order valence-electron chi connectivity index (χ4n) is 2.35. The van der Waals surface area contributed by atoms with Crippen LogP contribution in [0.4, 0.5) is 5.69 Å². The lowest BCUT2D eigenvalue weighted by molar-refractivity contribution is 0.102. The normalized spacial score (nSPS) is 12.0. The quantitative estimate of drug-likeness (QED) is 0.819. The van der Waals surface area contributed by atoms with Gasteiger partial charge in [-0.1, -0.05) is 51.1 Å². The highest BCUT2D eigenvalue weighted by atomic mass is 16.1. The highest BCUT2D eigenvalue weighted by Crippen LogP contribution is 2.26. The Hall–Kier alpha value is -2.09. The maximum Gasteiger partial charge on any atom is 0.255 e. The van der Waals surface area contributed by atoms with Crippen LogP contribution in [0.3, 0.4) is 0 Å². The monoisotopic (exact) mass is 281 g/mol. The summed E-state index contributed by atoms with van der Waals surface area (Å²) in [4.78, 5) is 12.4. The predicted octanol–water partition coefficient (Wildman–Crippen LogP) is 5.01. The Bertz CT molecular complexity index is 601. The van der Waals surface area contributed by atoms with Gasteiger partial charge in [0.15, 0.2) is 0 Å². The number of amides is 1. The zero-order chi connectivity index (χ0) is 15.2. The van der Waals surface area contributed by atoms with Gasteiger partial charge in [0.2, 0.25) is 0 Å². The van der Waals surface area contributed by atoms with Crippen LogP contribution in [-0.2, 0) is 6.42 Å². The largest absolute Gasteiger partial charge is 0.322 e. The summed E-state index contributed by atoms with van der Waals surface area (Å²) < 4.78 is 0. The summed E-state index contributed by atoms with van der Waals surface area (Å²) in [5, 5.41) is 3.04. The molecule has 0 unspecified atom stereocenters. The molecule has 0 aliphatic rings. The third-order valence-corrected chi connectivity index (χ3v) is 3.98. The maximum atomic E-state index is 12.4. The van der Waals surface area contributed by atoms with E-state index in [0.29, 0.717) is 11.5 Å². The Balaban J connectivity index is 2.19. The number of carbonyl (C=O) groups excluding carboxylic acids is 1. The molecule has 1 atom stereocenters. The summed E-state index contributed by atoms with van der Waals surface area (Å²) in [5.41, 5.74) is 4.05. The molecular weight excluding hydrogens is 258 g/mol. The van der Waals surface area contributed by atoms with Crippen molar-refractivity contribution in [3.63, 3.8) is 0 Å². The Morgan fingerprint density at radius 2 is 1.71 bits per heavy atom. The number of benzene rings is 2. The number of rotatable bonds is 5. The van der Waals surface area contributed by atoms with Crippen LogP contribution < -0.4 is 5.32 Å². The minimum Gasteiger partial charge on any atom is -0.322 e. The first-order chi connectivity index (χ1) is 10.2. The van der Waals surface area contributed by atoms with E-state index in [1.54, 1.807) is 0 Å². The first kappa shape index (κ1) is 15.3. The lowest BCUT2D eigenvalue weighted by Crippen LogP contribution is -2.13. The van der Waals surface area contributed by atoms with Crippen LogP contribution in [0, 0.1) is 0 Å².